The number of rotatable bonds is 2. The molecule has 2 rings (SSSR count). The summed E-state index contributed by atoms with van der Waals surface area (Å²) in [5.74, 6) is 1.77. The smallest absolute Gasteiger partial charge is 0.100 e. The summed E-state index contributed by atoms with van der Waals surface area (Å²) in [4.78, 5) is 2.43. The lowest BCUT2D eigenvalue weighted by atomic mass is 9.79. The Morgan fingerprint density at radius 3 is 2.07 bits per heavy atom. The van der Waals surface area contributed by atoms with Crippen LogP contribution in [0.15, 0.2) is 0 Å². The van der Waals surface area contributed by atoms with E-state index in [1.165, 1.54) is 32.4 Å². The molecule has 0 bridgehead atoms. The van der Waals surface area contributed by atoms with Crippen LogP contribution >= 0.6 is 0 Å². The van der Waals surface area contributed by atoms with Crippen molar-refractivity contribution in [3.63, 3.8) is 0 Å². The molecule has 0 aromatic carbocycles. The number of alkyl halides is 1. The monoisotopic (exact) mass is 213 g/mol. The summed E-state index contributed by atoms with van der Waals surface area (Å²) in [5, 5.41) is 0. The van der Waals surface area contributed by atoms with Gasteiger partial charge in [0.15, 0.2) is 0 Å². The first-order valence-electron chi connectivity index (χ1n) is 6.56. The fourth-order valence-electron chi connectivity index (χ4n) is 3.13. The van der Waals surface area contributed by atoms with E-state index in [9.17, 15) is 4.39 Å². The van der Waals surface area contributed by atoms with E-state index in [2.05, 4.69) is 11.9 Å². The average Bonchev–Trinajstić information content (AvgIpc) is 2.25. The highest BCUT2D eigenvalue weighted by atomic mass is 19.1. The van der Waals surface area contributed by atoms with E-state index in [4.69, 9.17) is 0 Å². The molecule has 1 nitrogen and oxygen atoms in total. The Morgan fingerprint density at radius 2 is 1.47 bits per heavy atom. The quantitative estimate of drug-likeness (QED) is 0.680. The summed E-state index contributed by atoms with van der Waals surface area (Å²) in [6.07, 6.45) is 7.58. The van der Waals surface area contributed by atoms with Gasteiger partial charge in [-0.15, -0.1) is 0 Å². The zero-order valence-corrected chi connectivity index (χ0v) is 9.92. The molecule has 0 unspecified atom stereocenters. The summed E-state index contributed by atoms with van der Waals surface area (Å²) >= 11 is 0. The molecule has 15 heavy (non-hydrogen) atoms. The van der Waals surface area contributed by atoms with Crippen LogP contribution < -0.4 is 0 Å². The van der Waals surface area contributed by atoms with Gasteiger partial charge in [-0.1, -0.05) is 0 Å². The van der Waals surface area contributed by atoms with Crippen molar-refractivity contribution >= 4 is 0 Å². The highest BCUT2D eigenvalue weighted by Crippen LogP contribution is 2.33. The van der Waals surface area contributed by atoms with E-state index in [1.807, 2.05) is 0 Å². The molecule has 1 heterocycles. The summed E-state index contributed by atoms with van der Waals surface area (Å²) in [6.45, 7) is 2.53. The van der Waals surface area contributed by atoms with Crippen LogP contribution in [0.4, 0.5) is 4.39 Å². The Morgan fingerprint density at radius 1 is 0.933 bits per heavy atom. The largest absolute Gasteiger partial charge is 0.306 e. The number of halogens is 1. The van der Waals surface area contributed by atoms with E-state index in [0.717, 1.165) is 37.5 Å². The van der Waals surface area contributed by atoms with Crippen LogP contribution in [0.2, 0.25) is 0 Å². The molecule has 0 radical (unpaired) electrons. The molecule has 0 aromatic heterocycles. The topological polar surface area (TPSA) is 3.24 Å². The molecule has 0 atom stereocenters. The van der Waals surface area contributed by atoms with Gasteiger partial charge in [0.1, 0.15) is 6.17 Å². The van der Waals surface area contributed by atoms with Gasteiger partial charge in [0.2, 0.25) is 0 Å². The first-order chi connectivity index (χ1) is 7.24. The van der Waals surface area contributed by atoms with Gasteiger partial charge in [-0.3, -0.25) is 0 Å². The van der Waals surface area contributed by atoms with Crippen LogP contribution in [0.5, 0.6) is 0 Å². The maximum atomic E-state index is 13.0. The maximum Gasteiger partial charge on any atom is 0.100 e. The molecule has 2 heteroatoms. The van der Waals surface area contributed by atoms with Crippen molar-refractivity contribution in [3.05, 3.63) is 0 Å². The zero-order valence-electron chi connectivity index (χ0n) is 9.92. The minimum Gasteiger partial charge on any atom is -0.306 e. The maximum absolute atomic E-state index is 13.0. The van der Waals surface area contributed by atoms with Gasteiger partial charge < -0.3 is 4.90 Å². The summed E-state index contributed by atoms with van der Waals surface area (Å²) in [6, 6.07) is 0. The van der Waals surface area contributed by atoms with Crippen LogP contribution in [0, 0.1) is 11.8 Å². The Balaban J connectivity index is 1.68. The van der Waals surface area contributed by atoms with E-state index in [0.29, 0.717) is 0 Å². The van der Waals surface area contributed by atoms with Crippen molar-refractivity contribution in [1.82, 2.24) is 4.90 Å². The Bertz CT molecular complexity index is 159. The Hall–Kier alpha value is -0.110. The fourth-order valence-corrected chi connectivity index (χ4v) is 3.13. The summed E-state index contributed by atoms with van der Waals surface area (Å²) in [5.41, 5.74) is 0. The van der Waals surface area contributed by atoms with Crippen molar-refractivity contribution in [3.8, 4) is 0 Å². The van der Waals surface area contributed by atoms with Crippen molar-refractivity contribution in [2.75, 3.05) is 20.1 Å². The minimum absolute atomic E-state index is 0.487. The number of piperidine rings is 1. The third-order valence-corrected chi connectivity index (χ3v) is 4.28. The van der Waals surface area contributed by atoms with Gasteiger partial charge in [-0.25, -0.2) is 4.39 Å². The second-order valence-electron chi connectivity index (χ2n) is 5.60. The molecule has 1 saturated carbocycles. The third kappa shape index (κ3) is 3.44. The zero-order chi connectivity index (χ0) is 10.7. The molecule has 2 aliphatic rings. The van der Waals surface area contributed by atoms with E-state index in [-0.39, 0.29) is 0 Å². The minimum atomic E-state index is -0.487. The van der Waals surface area contributed by atoms with Crippen molar-refractivity contribution in [2.24, 2.45) is 11.8 Å². The molecule has 88 valence electrons. The summed E-state index contributed by atoms with van der Waals surface area (Å²) in [7, 11) is 2.21. The lowest BCUT2D eigenvalue weighted by Gasteiger charge is -2.33. The van der Waals surface area contributed by atoms with Gasteiger partial charge in [-0.2, -0.15) is 0 Å². The molecule has 0 aromatic rings. The molecule has 0 N–H and O–H groups in total. The lowest BCUT2D eigenvalue weighted by Crippen LogP contribution is -2.31. The number of likely N-dealkylation sites (tertiary alicyclic amines) is 1. The Kier molecular flexibility index (Phi) is 4.01. The van der Waals surface area contributed by atoms with Gasteiger partial charge in [-0.05, 0) is 76.9 Å². The molecular weight excluding hydrogens is 189 g/mol. The molecule has 0 amide bonds. The molecule has 2 fully saturated rings. The van der Waals surface area contributed by atoms with E-state index < -0.39 is 6.17 Å². The third-order valence-electron chi connectivity index (χ3n) is 4.28. The normalized spacial score (nSPS) is 35.6. The first-order valence-corrected chi connectivity index (χ1v) is 6.56. The first kappa shape index (κ1) is 11.4. The van der Waals surface area contributed by atoms with Crippen LogP contribution in [0.3, 0.4) is 0 Å². The molecule has 1 saturated heterocycles. The van der Waals surface area contributed by atoms with Crippen molar-refractivity contribution in [2.45, 2.75) is 51.1 Å². The number of nitrogens with zero attached hydrogens (tertiary/aromatic N) is 1. The van der Waals surface area contributed by atoms with Gasteiger partial charge in [0, 0.05) is 0 Å². The molecular formula is C13H24FN. The van der Waals surface area contributed by atoms with Crippen LogP contribution in [0.1, 0.15) is 44.9 Å². The van der Waals surface area contributed by atoms with Crippen LogP contribution in [0.25, 0.3) is 0 Å². The second-order valence-corrected chi connectivity index (χ2v) is 5.60. The molecule has 0 spiro atoms. The van der Waals surface area contributed by atoms with Crippen molar-refractivity contribution < 1.29 is 4.39 Å². The number of hydrogen-bond donors (Lipinski definition) is 0. The van der Waals surface area contributed by atoms with Gasteiger partial charge in [0.25, 0.3) is 0 Å². The van der Waals surface area contributed by atoms with Gasteiger partial charge >= 0.3 is 0 Å². The van der Waals surface area contributed by atoms with Crippen LogP contribution in [-0.2, 0) is 0 Å². The predicted octanol–water partition coefficient (Wildman–Crippen LogP) is 3.25. The van der Waals surface area contributed by atoms with Gasteiger partial charge in [0.05, 0.1) is 0 Å². The number of hydrogen-bond acceptors (Lipinski definition) is 1. The summed E-state index contributed by atoms with van der Waals surface area (Å²) < 4.78 is 13.0. The SMILES string of the molecule is CN1CCC(CC2CCC(F)CC2)CC1. The van der Waals surface area contributed by atoms with Crippen molar-refractivity contribution in [1.29, 1.82) is 0 Å². The van der Waals surface area contributed by atoms with Crippen LogP contribution in [-0.4, -0.2) is 31.2 Å². The lowest BCUT2D eigenvalue weighted by molar-refractivity contribution is 0.154. The highest BCUT2D eigenvalue weighted by molar-refractivity contribution is 4.77. The predicted molar refractivity (Wildman–Crippen MR) is 61.7 cm³/mol. The van der Waals surface area contributed by atoms with E-state index >= 15 is 0 Å². The average molecular weight is 213 g/mol. The second kappa shape index (κ2) is 5.29. The standard InChI is InChI=1S/C13H24FN/c1-15-8-6-12(7-9-15)10-11-2-4-13(14)5-3-11/h11-13H,2-10H2,1H3. The molecule has 1 aliphatic carbocycles. The fraction of sp³-hybridized carbons (Fsp3) is 1.00. The molecule has 1 aliphatic heterocycles. The van der Waals surface area contributed by atoms with E-state index in [1.54, 1.807) is 0 Å². The Labute approximate surface area is 93.0 Å². The highest BCUT2D eigenvalue weighted by Gasteiger charge is 2.25.